The van der Waals surface area contributed by atoms with Crippen molar-refractivity contribution in [2.75, 3.05) is 0 Å². The molecule has 1 nitrogen and oxygen atoms in total. The highest BCUT2D eigenvalue weighted by Crippen LogP contribution is 2.32. The first-order valence-corrected chi connectivity index (χ1v) is 5.47. The SMILES string of the molecule is CCC(O)(CC)c1ccc(Cl)c(Cl)c1. The molecule has 0 amide bonds. The molecule has 1 N–H and O–H groups in total. The second-order valence-electron chi connectivity index (χ2n) is 3.37. The summed E-state index contributed by atoms with van der Waals surface area (Å²) >= 11 is 11.7. The van der Waals surface area contributed by atoms with Crippen LogP contribution in [0.15, 0.2) is 18.2 Å². The third-order valence-corrected chi connectivity index (χ3v) is 3.37. The third kappa shape index (κ3) is 2.22. The van der Waals surface area contributed by atoms with E-state index in [2.05, 4.69) is 0 Å². The zero-order valence-corrected chi connectivity index (χ0v) is 9.86. The van der Waals surface area contributed by atoms with E-state index in [0.717, 1.165) is 5.56 Å². The molecule has 78 valence electrons. The maximum absolute atomic E-state index is 10.2. The maximum Gasteiger partial charge on any atom is 0.0891 e. The van der Waals surface area contributed by atoms with Gasteiger partial charge in [0.1, 0.15) is 0 Å². The molecule has 0 aliphatic rings. The second-order valence-corrected chi connectivity index (χ2v) is 4.18. The molecule has 0 spiro atoms. The summed E-state index contributed by atoms with van der Waals surface area (Å²) in [5.41, 5.74) is 0.0470. The lowest BCUT2D eigenvalue weighted by atomic mass is 9.89. The lowest BCUT2D eigenvalue weighted by Crippen LogP contribution is -2.23. The molecule has 0 radical (unpaired) electrons. The lowest BCUT2D eigenvalue weighted by Gasteiger charge is -2.26. The van der Waals surface area contributed by atoms with Crippen LogP contribution >= 0.6 is 23.2 Å². The van der Waals surface area contributed by atoms with Crippen molar-refractivity contribution in [3.05, 3.63) is 33.8 Å². The van der Waals surface area contributed by atoms with Gasteiger partial charge in [-0.05, 0) is 30.5 Å². The minimum Gasteiger partial charge on any atom is -0.385 e. The standard InChI is InChI=1S/C11H14Cl2O/c1-3-11(14,4-2)8-5-6-9(12)10(13)7-8/h5-7,14H,3-4H2,1-2H3. The predicted molar refractivity (Wildman–Crippen MR) is 60.9 cm³/mol. The van der Waals surface area contributed by atoms with Gasteiger partial charge in [-0.15, -0.1) is 0 Å². The van der Waals surface area contributed by atoms with E-state index in [1.807, 2.05) is 19.9 Å². The van der Waals surface area contributed by atoms with Crippen LogP contribution in [0, 0.1) is 0 Å². The molecule has 0 heterocycles. The molecule has 0 bridgehead atoms. The summed E-state index contributed by atoms with van der Waals surface area (Å²) in [5, 5.41) is 11.2. The number of rotatable bonds is 3. The fourth-order valence-electron chi connectivity index (χ4n) is 1.44. The number of aliphatic hydroxyl groups is 1. The van der Waals surface area contributed by atoms with Gasteiger partial charge in [0.2, 0.25) is 0 Å². The Morgan fingerprint density at radius 1 is 1.14 bits per heavy atom. The van der Waals surface area contributed by atoms with Gasteiger partial charge in [0.05, 0.1) is 15.6 Å². The van der Waals surface area contributed by atoms with Crippen LogP contribution in [-0.2, 0) is 5.60 Å². The van der Waals surface area contributed by atoms with Crippen LogP contribution in [0.2, 0.25) is 10.0 Å². The zero-order chi connectivity index (χ0) is 10.8. The molecule has 1 rings (SSSR count). The number of hydrogen-bond donors (Lipinski definition) is 1. The van der Waals surface area contributed by atoms with Crippen LogP contribution < -0.4 is 0 Å². The van der Waals surface area contributed by atoms with Crippen molar-refractivity contribution in [3.8, 4) is 0 Å². The molecule has 0 aliphatic heterocycles. The van der Waals surface area contributed by atoms with Gasteiger partial charge >= 0.3 is 0 Å². The van der Waals surface area contributed by atoms with Crippen molar-refractivity contribution in [2.45, 2.75) is 32.3 Å². The minimum absolute atomic E-state index is 0.490. The van der Waals surface area contributed by atoms with E-state index < -0.39 is 5.60 Å². The molecule has 3 heteroatoms. The number of halogens is 2. The van der Waals surface area contributed by atoms with Crippen molar-refractivity contribution >= 4 is 23.2 Å². The Labute approximate surface area is 94.7 Å². The van der Waals surface area contributed by atoms with Gasteiger partial charge in [-0.3, -0.25) is 0 Å². The number of benzene rings is 1. The molecular formula is C11H14Cl2O. The van der Waals surface area contributed by atoms with E-state index in [9.17, 15) is 5.11 Å². The molecule has 1 aromatic carbocycles. The van der Waals surface area contributed by atoms with Crippen molar-refractivity contribution in [3.63, 3.8) is 0 Å². The molecule has 0 aliphatic carbocycles. The summed E-state index contributed by atoms with van der Waals surface area (Å²) in [6.07, 6.45) is 1.34. The summed E-state index contributed by atoms with van der Waals surface area (Å²) in [6.45, 7) is 3.90. The molecule has 0 fully saturated rings. The highest BCUT2D eigenvalue weighted by atomic mass is 35.5. The molecule has 0 saturated carbocycles. The Balaban J connectivity index is 3.12. The fraction of sp³-hybridized carbons (Fsp3) is 0.455. The predicted octanol–water partition coefficient (Wildman–Crippen LogP) is 4.00. The van der Waals surface area contributed by atoms with E-state index >= 15 is 0 Å². The Bertz CT molecular complexity index is 319. The molecule has 0 aromatic heterocycles. The van der Waals surface area contributed by atoms with Crippen LogP contribution in [0.25, 0.3) is 0 Å². The van der Waals surface area contributed by atoms with Gasteiger partial charge in [-0.25, -0.2) is 0 Å². The average Bonchev–Trinajstić information content (AvgIpc) is 2.21. The third-order valence-electron chi connectivity index (χ3n) is 2.63. The van der Waals surface area contributed by atoms with Crippen molar-refractivity contribution < 1.29 is 5.11 Å². The molecule has 1 aromatic rings. The minimum atomic E-state index is -0.784. The smallest absolute Gasteiger partial charge is 0.0891 e. The maximum atomic E-state index is 10.2. The lowest BCUT2D eigenvalue weighted by molar-refractivity contribution is 0.0284. The van der Waals surface area contributed by atoms with Crippen molar-refractivity contribution in [1.29, 1.82) is 0 Å². The van der Waals surface area contributed by atoms with Gasteiger partial charge in [0.15, 0.2) is 0 Å². The van der Waals surface area contributed by atoms with Crippen LogP contribution in [0.5, 0.6) is 0 Å². The van der Waals surface area contributed by atoms with E-state index in [0.29, 0.717) is 22.9 Å². The van der Waals surface area contributed by atoms with Crippen molar-refractivity contribution in [2.24, 2.45) is 0 Å². The van der Waals surface area contributed by atoms with Crippen LogP contribution in [0.3, 0.4) is 0 Å². The van der Waals surface area contributed by atoms with Crippen LogP contribution in [0.1, 0.15) is 32.3 Å². The molecule has 14 heavy (non-hydrogen) atoms. The Morgan fingerprint density at radius 2 is 1.71 bits per heavy atom. The monoisotopic (exact) mass is 232 g/mol. The molecule has 0 saturated heterocycles. The summed E-state index contributed by atoms with van der Waals surface area (Å²) < 4.78 is 0. The van der Waals surface area contributed by atoms with E-state index in [-0.39, 0.29) is 0 Å². The quantitative estimate of drug-likeness (QED) is 0.836. The molecule has 0 atom stereocenters. The van der Waals surface area contributed by atoms with E-state index in [1.54, 1.807) is 12.1 Å². The highest BCUT2D eigenvalue weighted by molar-refractivity contribution is 6.42. The van der Waals surface area contributed by atoms with Crippen LogP contribution in [0.4, 0.5) is 0 Å². The van der Waals surface area contributed by atoms with Gasteiger partial charge in [-0.2, -0.15) is 0 Å². The second kappa shape index (κ2) is 4.52. The summed E-state index contributed by atoms with van der Waals surface area (Å²) in [5.74, 6) is 0. The summed E-state index contributed by atoms with van der Waals surface area (Å²) in [7, 11) is 0. The Hall–Kier alpha value is -0.240. The normalized spacial score (nSPS) is 11.8. The molecular weight excluding hydrogens is 219 g/mol. The first kappa shape index (κ1) is 11.8. The zero-order valence-electron chi connectivity index (χ0n) is 8.35. The highest BCUT2D eigenvalue weighted by Gasteiger charge is 2.25. The fourth-order valence-corrected chi connectivity index (χ4v) is 1.74. The van der Waals surface area contributed by atoms with E-state index in [1.165, 1.54) is 0 Å². The van der Waals surface area contributed by atoms with Gasteiger partial charge in [-0.1, -0.05) is 43.1 Å². The first-order valence-electron chi connectivity index (χ1n) is 4.71. The van der Waals surface area contributed by atoms with Crippen LogP contribution in [-0.4, -0.2) is 5.11 Å². The van der Waals surface area contributed by atoms with Gasteiger partial charge in [0, 0.05) is 0 Å². The number of hydrogen-bond acceptors (Lipinski definition) is 1. The van der Waals surface area contributed by atoms with E-state index in [4.69, 9.17) is 23.2 Å². The van der Waals surface area contributed by atoms with Gasteiger partial charge in [0.25, 0.3) is 0 Å². The topological polar surface area (TPSA) is 20.2 Å². The largest absolute Gasteiger partial charge is 0.385 e. The average molecular weight is 233 g/mol. The molecule has 0 unspecified atom stereocenters. The summed E-state index contributed by atoms with van der Waals surface area (Å²) in [6, 6.07) is 5.27. The van der Waals surface area contributed by atoms with Gasteiger partial charge < -0.3 is 5.11 Å². The first-order chi connectivity index (χ1) is 6.53. The Kier molecular flexibility index (Phi) is 3.82. The van der Waals surface area contributed by atoms with Crippen molar-refractivity contribution in [1.82, 2.24) is 0 Å². The summed E-state index contributed by atoms with van der Waals surface area (Å²) in [4.78, 5) is 0. The Morgan fingerprint density at radius 3 is 2.14 bits per heavy atom.